The van der Waals surface area contributed by atoms with Crippen LogP contribution in [-0.4, -0.2) is 27.4 Å². The molecule has 0 bridgehead atoms. The van der Waals surface area contributed by atoms with Gasteiger partial charge in [-0.1, -0.05) is 0 Å². The number of halogens is 1. The summed E-state index contributed by atoms with van der Waals surface area (Å²) in [5, 5.41) is 7.42. The van der Waals surface area contributed by atoms with Crippen molar-refractivity contribution >= 4 is 6.03 Å². The summed E-state index contributed by atoms with van der Waals surface area (Å²) in [6, 6.07) is -0.940. The Hall–Kier alpha value is -2.20. The molecule has 0 aliphatic carbocycles. The van der Waals surface area contributed by atoms with Crippen molar-refractivity contribution in [2.45, 2.75) is 19.1 Å². The topological polar surface area (TPSA) is 139 Å². The third kappa shape index (κ3) is 4.19. The van der Waals surface area contributed by atoms with Crippen LogP contribution in [0.5, 0.6) is 0 Å². The number of carbonyl (C=O) groups is 1. The number of hydrogen-bond acceptors (Lipinski definition) is 5. The van der Waals surface area contributed by atoms with Crippen LogP contribution in [0.1, 0.15) is 19.1 Å². The molecule has 2 amide bonds. The van der Waals surface area contributed by atoms with Crippen LogP contribution in [-0.2, 0) is 4.74 Å². The highest BCUT2D eigenvalue weighted by atomic mass is 19.1. The van der Waals surface area contributed by atoms with Crippen LogP contribution in [0.4, 0.5) is 9.18 Å². The summed E-state index contributed by atoms with van der Waals surface area (Å²) in [5.41, 5.74) is 3.83. The highest BCUT2D eigenvalue weighted by molar-refractivity contribution is 5.69. The van der Waals surface area contributed by atoms with Crippen molar-refractivity contribution in [1.82, 2.24) is 15.0 Å². The maximum Gasteiger partial charge on any atom is 0.335 e. The number of urea groups is 1. The number of nitrogens with zero attached hydrogens (tertiary/aromatic N) is 1. The van der Waals surface area contributed by atoms with E-state index in [1.54, 1.807) is 0 Å². The Labute approximate surface area is 105 Å². The normalized spacial score (nSPS) is 17.5. The molecule has 2 rings (SSSR count). The lowest BCUT2D eigenvalue weighted by molar-refractivity contribution is 0.0517. The van der Waals surface area contributed by atoms with Gasteiger partial charge >= 0.3 is 11.7 Å². The molecule has 1 fully saturated rings. The second-order valence-corrected chi connectivity index (χ2v) is 3.59. The van der Waals surface area contributed by atoms with Gasteiger partial charge in [-0.05, 0) is 12.8 Å². The fourth-order valence-electron chi connectivity index (χ4n) is 1.45. The minimum absolute atomic E-state index is 0.450. The van der Waals surface area contributed by atoms with E-state index in [1.807, 2.05) is 4.98 Å². The average molecular weight is 276 g/mol. The van der Waals surface area contributed by atoms with Crippen molar-refractivity contribution in [3.8, 4) is 0 Å². The summed E-state index contributed by atoms with van der Waals surface area (Å²) in [4.78, 5) is 33.1. The maximum absolute atomic E-state index is 12.9. The molecule has 0 radical (unpaired) electrons. The molecule has 2 heterocycles. The van der Waals surface area contributed by atoms with E-state index in [-0.39, 0.29) is 0 Å². The number of aromatic nitrogens is 2. The number of hydroxylamine groups is 1. The summed E-state index contributed by atoms with van der Waals surface area (Å²) >= 11 is 0. The van der Waals surface area contributed by atoms with Gasteiger partial charge in [0.2, 0.25) is 5.82 Å². The van der Waals surface area contributed by atoms with E-state index in [0.29, 0.717) is 13.0 Å². The van der Waals surface area contributed by atoms with Crippen molar-refractivity contribution in [3.05, 3.63) is 32.9 Å². The quantitative estimate of drug-likeness (QED) is 0.386. The van der Waals surface area contributed by atoms with E-state index >= 15 is 0 Å². The molecule has 1 saturated heterocycles. The van der Waals surface area contributed by atoms with E-state index in [0.717, 1.165) is 17.2 Å². The summed E-state index contributed by atoms with van der Waals surface area (Å²) in [6.07, 6.45) is 1.93. The van der Waals surface area contributed by atoms with E-state index in [9.17, 15) is 18.8 Å². The molecule has 1 unspecified atom stereocenters. The van der Waals surface area contributed by atoms with Crippen LogP contribution in [0.25, 0.3) is 0 Å². The Morgan fingerprint density at radius 2 is 2.26 bits per heavy atom. The van der Waals surface area contributed by atoms with Gasteiger partial charge in [0.15, 0.2) is 0 Å². The third-order valence-electron chi connectivity index (χ3n) is 2.25. The highest BCUT2D eigenvalue weighted by Crippen LogP contribution is 2.20. The van der Waals surface area contributed by atoms with Gasteiger partial charge in [0.1, 0.15) is 6.23 Å². The van der Waals surface area contributed by atoms with Crippen LogP contribution in [0.15, 0.2) is 15.8 Å². The molecule has 0 aromatic carbocycles. The predicted molar refractivity (Wildman–Crippen MR) is 60.0 cm³/mol. The Morgan fingerprint density at radius 1 is 1.63 bits per heavy atom. The Bertz CT molecular complexity index is 548. The maximum atomic E-state index is 12.9. The van der Waals surface area contributed by atoms with E-state index in [2.05, 4.69) is 5.73 Å². The Kier molecular flexibility index (Phi) is 5.21. The molecule has 1 aliphatic heterocycles. The van der Waals surface area contributed by atoms with Crippen LogP contribution in [0, 0.1) is 5.82 Å². The minimum Gasteiger partial charge on any atom is -0.358 e. The summed E-state index contributed by atoms with van der Waals surface area (Å²) in [7, 11) is 0. The number of primary amides is 1. The van der Waals surface area contributed by atoms with Crippen molar-refractivity contribution in [2.75, 3.05) is 6.61 Å². The molecule has 5 N–H and O–H groups in total. The van der Waals surface area contributed by atoms with Crippen LogP contribution < -0.4 is 22.5 Å². The molecule has 1 aliphatic rings. The Morgan fingerprint density at radius 3 is 2.74 bits per heavy atom. The molecule has 9 nitrogen and oxygen atoms in total. The van der Waals surface area contributed by atoms with Crippen molar-refractivity contribution in [3.63, 3.8) is 0 Å². The van der Waals surface area contributed by atoms with E-state index in [1.165, 1.54) is 5.48 Å². The second-order valence-electron chi connectivity index (χ2n) is 3.59. The van der Waals surface area contributed by atoms with Gasteiger partial charge in [-0.15, -0.1) is 0 Å². The lowest BCUT2D eigenvalue weighted by Crippen LogP contribution is -2.33. The molecule has 19 heavy (non-hydrogen) atoms. The van der Waals surface area contributed by atoms with Crippen LogP contribution in [0.2, 0.25) is 0 Å². The molecule has 1 atom stereocenters. The molecule has 0 saturated carbocycles. The number of ether oxygens (including phenoxy) is 1. The molecule has 0 spiro atoms. The van der Waals surface area contributed by atoms with Gasteiger partial charge in [-0.25, -0.2) is 15.1 Å². The first-order valence-electron chi connectivity index (χ1n) is 5.27. The molecular weight excluding hydrogens is 263 g/mol. The fourth-order valence-corrected chi connectivity index (χ4v) is 1.45. The molecule has 106 valence electrons. The zero-order valence-corrected chi connectivity index (χ0v) is 9.76. The molecule has 1 aromatic rings. The fraction of sp³-hybridized carbons (Fsp3) is 0.444. The SMILES string of the molecule is NC(=O)NO.O=c1[nH]c(=O)n(C2CCCO2)cc1F. The third-order valence-corrected chi connectivity index (χ3v) is 2.25. The van der Waals surface area contributed by atoms with Crippen molar-refractivity contribution < 1.29 is 19.1 Å². The second kappa shape index (κ2) is 6.66. The first kappa shape index (κ1) is 14.9. The highest BCUT2D eigenvalue weighted by Gasteiger charge is 2.19. The number of nitrogens with one attached hydrogen (secondary N) is 2. The average Bonchev–Trinajstić information content (AvgIpc) is 2.88. The number of hydrogen-bond donors (Lipinski definition) is 4. The lowest BCUT2D eigenvalue weighted by Gasteiger charge is -2.11. The van der Waals surface area contributed by atoms with Crippen molar-refractivity contribution in [2.24, 2.45) is 5.73 Å². The van der Waals surface area contributed by atoms with Gasteiger partial charge in [-0.3, -0.25) is 19.6 Å². The minimum atomic E-state index is -0.996. The first-order chi connectivity index (χ1) is 8.95. The lowest BCUT2D eigenvalue weighted by atomic mass is 10.3. The standard InChI is InChI=1S/C8H9FN2O3.CH4N2O2/c9-5-4-11(6-2-1-3-14-6)8(13)10-7(5)12;2-1(4)3-5/h4,6H,1-3H2,(H,10,12,13);5H,(H3,2,3,4). The van der Waals surface area contributed by atoms with Gasteiger partial charge in [0.05, 0.1) is 6.20 Å². The number of amides is 2. The largest absolute Gasteiger partial charge is 0.358 e. The van der Waals surface area contributed by atoms with E-state index in [4.69, 9.17) is 9.94 Å². The monoisotopic (exact) mass is 276 g/mol. The molecule has 1 aromatic heterocycles. The molecular formula is C9H13FN4O5. The van der Waals surface area contributed by atoms with Gasteiger partial charge < -0.3 is 10.5 Å². The van der Waals surface area contributed by atoms with Crippen LogP contribution >= 0.6 is 0 Å². The van der Waals surface area contributed by atoms with Crippen LogP contribution in [0.3, 0.4) is 0 Å². The number of nitrogens with two attached hydrogens (primary N) is 1. The summed E-state index contributed by atoms with van der Waals surface area (Å²) in [5.74, 6) is -0.972. The number of H-pyrrole nitrogens is 1. The zero-order valence-electron chi connectivity index (χ0n) is 9.76. The number of aromatic amines is 1. The zero-order chi connectivity index (χ0) is 14.4. The Balaban J connectivity index is 0.000000312. The van der Waals surface area contributed by atoms with Crippen molar-refractivity contribution in [1.29, 1.82) is 0 Å². The number of carbonyl (C=O) groups excluding carboxylic acids is 1. The summed E-state index contributed by atoms with van der Waals surface area (Å²) in [6.45, 7) is 0.553. The number of rotatable bonds is 1. The van der Waals surface area contributed by atoms with Gasteiger partial charge in [-0.2, -0.15) is 4.39 Å². The smallest absolute Gasteiger partial charge is 0.335 e. The van der Waals surface area contributed by atoms with Gasteiger partial charge in [0, 0.05) is 6.61 Å². The predicted octanol–water partition coefficient (Wildman–Crippen LogP) is -0.971. The van der Waals surface area contributed by atoms with E-state index < -0.39 is 29.3 Å². The van der Waals surface area contributed by atoms with Gasteiger partial charge in [0.25, 0.3) is 5.56 Å². The summed E-state index contributed by atoms with van der Waals surface area (Å²) < 4.78 is 19.1. The molecule has 10 heteroatoms. The first-order valence-corrected chi connectivity index (χ1v) is 5.27.